The molecule has 0 unspecified atom stereocenters. The molecule has 0 radical (unpaired) electrons. The summed E-state index contributed by atoms with van der Waals surface area (Å²) in [4.78, 5) is 15.1. The van der Waals surface area contributed by atoms with Crippen LogP contribution in [0.1, 0.15) is 11.1 Å². The molecular formula is C21H15NOS2. The van der Waals surface area contributed by atoms with Crippen LogP contribution >= 0.6 is 24.0 Å². The van der Waals surface area contributed by atoms with E-state index in [1.807, 2.05) is 54.6 Å². The molecule has 2 nitrogen and oxygen atoms in total. The Morgan fingerprint density at radius 3 is 2.44 bits per heavy atom. The van der Waals surface area contributed by atoms with Crippen molar-refractivity contribution >= 4 is 51.1 Å². The molecule has 4 heteroatoms. The summed E-state index contributed by atoms with van der Waals surface area (Å²) in [5.74, 6) is -0.0213. The number of thiocarbonyl (C=S) groups is 1. The summed E-state index contributed by atoms with van der Waals surface area (Å²) in [7, 11) is 0. The van der Waals surface area contributed by atoms with E-state index in [4.69, 9.17) is 12.2 Å². The third-order valence-corrected chi connectivity index (χ3v) is 5.51. The number of thioether (sulfide) groups is 1. The summed E-state index contributed by atoms with van der Waals surface area (Å²) in [5.41, 5.74) is 2.09. The highest BCUT2D eigenvalue weighted by atomic mass is 32.2. The molecule has 3 aromatic carbocycles. The fourth-order valence-corrected chi connectivity index (χ4v) is 4.11. The number of rotatable bonds is 3. The average Bonchev–Trinajstić information content (AvgIpc) is 2.90. The highest BCUT2D eigenvalue weighted by Gasteiger charge is 2.31. The monoisotopic (exact) mass is 361 g/mol. The van der Waals surface area contributed by atoms with Crippen molar-refractivity contribution in [3.05, 3.63) is 88.8 Å². The topological polar surface area (TPSA) is 20.3 Å². The minimum atomic E-state index is -0.0213. The minimum absolute atomic E-state index is 0.0213. The van der Waals surface area contributed by atoms with Crippen LogP contribution in [0.2, 0.25) is 0 Å². The number of amides is 1. The molecule has 3 aromatic rings. The van der Waals surface area contributed by atoms with Crippen LogP contribution in [0.25, 0.3) is 16.8 Å². The Hall–Kier alpha value is -2.43. The van der Waals surface area contributed by atoms with Crippen molar-refractivity contribution in [3.63, 3.8) is 0 Å². The molecule has 1 amide bonds. The number of carbonyl (C=O) groups excluding carboxylic acids is 1. The molecule has 0 bridgehead atoms. The van der Waals surface area contributed by atoms with Crippen LogP contribution in [0.4, 0.5) is 0 Å². The van der Waals surface area contributed by atoms with E-state index >= 15 is 0 Å². The van der Waals surface area contributed by atoms with E-state index in [0.29, 0.717) is 15.8 Å². The van der Waals surface area contributed by atoms with Gasteiger partial charge in [-0.1, -0.05) is 90.7 Å². The van der Waals surface area contributed by atoms with Crippen molar-refractivity contribution in [2.24, 2.45) is 0 Å². The highest BCUT2D eigenvalue weighted by molar-refractivity contribution is 8.26. The van der Waals surface area contributed by atoms with Crippen LogP contribution in [0.15, 0.2) is 77.7 Å². The van der Waals surface area contributed by atoms with E-state index in [0.717, 1.165) is 16.5 Å². The van der Waals surface area contributed by atoms with Gasteiger partial charge in [-0.2, -0.15) is 0 Å². The molecule has 0 spiro atoms. The second kappa shape index (κ2) is 6.82. The lowest BCUT2D eigenvalue weighted by Crippen LogP contribution is -2.27. The Kier molecular flexibility index (Phi) is 4.38. The van der Waals surface area contributed by atoms with Crippen molar-refractivity contribution in [1.82, 2.24) is 4.90 Å². The number of carbonyl (C=O) groups is 1. The molecular weight excluding hydrogens is 346 g/mol. The second-order valence-electron chi connectivity index (χ2n) is 5.86. The lowest BCUT2D eigenvalue weighted by atomic mass is 10.1. The van der Waals surface area contributed by atoms with E-state index in [9.17, 15) is 4.79 Å². The fraction of sp³-hybridized carbons (Fsp3) is 0.0476. The first-order valence-electron chi connectivity index (χ1n) is 7.99. The van der Waals surface area contributed by atoms with Crippen LogP contribution in [-0.4, -0.2) is 15.1 Å². The first-order chi connectivity index (χ1) is 12.2. The second-order valence-corrected chi connectivity index (χ2v) is 7.54. The largest absolute Gasteiger partial charge is 0.288 e. The Labute approximate surface area is 156 Å². The predicted octanol–water partition coefficient (Wildman–Crippen LogP) is 5.24. The third-order valence-electron chi connectivity index (χ3n) is 4.13. The van der Waals surface area contributed by atoms with Gasteiger partial charge in [-0.3, -0.25) is 9.69 Å². The predicted molar refractivity (Wildman–Crippen MR) is 109 cm³/mol. The summed E-state index contributed by atoms with van der Waals surface area (Å²) in [6.07, 6.45) is 1.93. The molecule has 0 aliphatic carbocycles. The Bertz CT molecular complexity index is 995. The van der Waals surface area contributed by atoms with Gasteiger partial charge in [-0.15, -0.1) is 0 Å². The quantitative estimate of drug-likeness (QED) is 0.470. The van der Waals surface area contributed by atoms with Gasteiger partial charge in [0.05, 0.1) is 11.4 Å². The maximum Gasteiger partial charge on any atom is 0.266 e. The zero-order valence-corrected chi connectivity index (χ0v) is 15.0. The van der Waals surface area contributed by atoms with Gasteiger partial charge in [0.2, 0.25) is 0 Å². The van der Waals surface area contributed by atoms with Crippen LogP contribution in [-0.2, 0) is 11.3 Å². The van der Waals surface area contributed by atoms with Crippen molar-refractivity contribution in [3.8, 4) is 0 Å². The van der Waals surface area contributed by atoms with Gasteiger partial charge < -0.3 is 0 Å². The van der Waals surface area contributed by atoms with Gasteiger partial charge >= 0.3 is 0 Å². The highest BCUT2D eigenvalue weighted by Crippen LogP contribution is 2.34. The summed E-state index contributed by atoms with van der Waals surface area (Å²) in [6, 6.07) is 24.3. The van der Waals surface area contributed by atoms with Crippen LogP contribution in [0.5, 0.6) is 0 Å². The van der Waals surface area contributed by atoms with Gasteiger partial charge in [0.15, 0.2) is 0 Å². The fourth-order valence-electron chi connectivity index (χ4n) is 2.85. The standard InChI is InChI=1S/C21H15NOS2/c23-20-19(13-16-10-11-17-8-4-5-9-18(17)12-16)25-21(24)22(20)14-15-6-2-1-3-7-15/h1-13H,14H2. The van der Waals surface area contributed by atoms with Crippen LogP contribution < -0.4 is 0 Å². The SMILES string of the molecule is O=C1C(=Cc2ccc3ccccc3c2)SC(=S)N1Cc1ccccc1. The van der Waals surface area contributed by atoms with Crippen LogP contribution in [0, 0.1) is 0 Å². The lowest BCUT2D eigenvalue weighted by molar-refractivity contribution is -0.122. The Morgan fingerprint density at radius 1 is 0.920 bits per heavy atom. The maximum absolute atomic E-state index is 12.7. The third kappa shape index (κ3) is 3.36. The zero-order valence-electron chi connectivity index (χ0n) is 13.4. The number of hydrogen-bond acceptors (Lipinski definition) is 3. The molecule has 1 saturated heterocycles. The van der Waals surface area contributed by atoms with Crippen molar-refractivity contribution in [2.45, 2.75) is 6.54 Å². The van der Waals surface area contributed by atoms with Crippen molar-refractivity contribution < 1.29 is 4.79 Å². The van der Waals surface area contributed by atoms with Crippen LogP contribution in [0.3, 0.4) is 0 Å². The summed E-state index contributed by atoms with van der Waals surface area (Å²) in [6.45, 7) is 0.514. The number of fused-ring (bicyclic) bond motifs is 1. The Morgan fingerprint density at radius 2 is 1.64 bits per heavy atom. The minimum Gasteiger partial charge on any atom is -0.288 e. The summed E-state index contributed by atoms with van der Waals surface area (Å²) < 4.78 is 0.612. The molecule has 0 atom stereocenters. The van der Waals surface area contributed by atoms with Gasteiger partial charge in [0.25, 0.3) is 5.91 Å². The van der Waals surface area contributed by atoms with E-state index in [1.54, 1.807) is 4.90 Å². The molecule has 1 heterocycles. The van der Waals surface area contributed by atoms with E-state index in [2.05, 4.69) is 24.3 Å². The summed E-state index contributed by atoms with van der Waals surface area (Å²) in [5, 5.41) is 2.35. The first-order valence-corrected chi connectivity index (χ1v) is 9.21. The molecule has 0 N–H and O–H groups in total. The molecule has 25 heavy (non-hydrogen) atoms. The van der Waals surface area contributed by atoms with Gasteiger partial charge in [0.1, 0.15) is 4.32 Å². The molecule has 0 saturated carbocycles. The number of hydrogen-bond donors (Lipinski definition) is 0. The smallest absolute Gasteiger partial charge is 0.266 e. The van der Waals surface area contributed by atoms with Gasteiger partial charge in [-0.25, -0.2) is 0 Å². The Balaban J connectivity index is 1.60. The number of benzene rings is 3. The summed E-state index contributed by atoms with van der Waals surface area (Å²) >= 11 is 6.78. The molecule has 0 aromatic heterocycles. The molecule has 4 rings (SSSR count). The molecule has 1 fully saturated rings. The first kappa shape index (κ1) is 16.1. The van der Waals surface area contributed by atoms with Crippen molar-refractivity contribution in [1.29, 1.82) is 0 Å². The van der Waals surface area contributed by atoms with E-state index in [-0.39, 0.29) is 5.91 Å². The van der Waals surface area contributed by atoms with Gasteiger partial charge in [0, 0.05) is 0 Å². The molecule has 1 aliphatic rings. The molecule has 122 valence electrons. The molecule has 1 aliphatic heterocycles. The van der Waals surface area contributed by atoms with Gasteiger partial charge in [-0.05, 0) is 34.0 Å². The maximum atomic E-state index is 12.7. The normalized spacial score (nSPS) is 16.2. The zero-order chi connectivity index (χ0) is 17.2. The average molecular weight is 361 g/mol. The van der Waals surface area contributed by atoms with E-state index in [1.165, 1.54) is 17.1 Å². The number of nitrogens with zero attached hydrogens (tertiary/aromatic N) is 1. The lowest BCUT2D eigenvalue weighted by Gasteiger charge is -2.14. The van der Waals surface area contributed by atoms with E-state index < -0.39 is 0 Å². The van der Waals surface area contributed by atoms with Crippen molar-refractivity contribution in [2.75, 3.05) is 0 Å².